The van der Waals surface area contributed by atoms with Gasteiger partial charge in [0.05, 0.1) is 6.54 Å². The van der Waals surface area contributed by atoms with Gasteiger partial charge in [-0.05, 0) is 7.05 Å². The van der Waals surface area contributed by atoms with E-state index >= 15 is 0 Å². The van der Waals surface area contributed by atoms with Crippen LogP contribution in [0.3, 0.4) is 0 Å². The van der Waals surface area contributed by atoms with E-state index in [9.17, 15) is 4.79 Å². The second-order valence-electron chi connectivity index (χ2n) is 3.96. The Labute approximate surface area is 99.1 Å². The third kappa shape index (κ3) is 3.26. The Bertz CT molecular complexity index is 333. The third-order valence-corrected chi connectivity index (χ3v) is 3.33. The molecule has 0 saturated carbocycles. The third-order valence-electron chi connectivity index (χ3n) is 2.64. The number of thiazole rings is 1. The van der Waals surface area contributed by atoms with Gasteiger partial charge in [0.15, 0.2) is 5.13 Å². The molecule has 1 fully saturated rings. The smallest absolute Gasteiger partial charge is 0.240 e. The van der Waals surface area contributed by atoms with Crippen molar-refractivity contribution in [2.45, 2.75) is 0 Å². The molecule has 0 radical (unpaired) electrons. The summed E-state index contributed by atoms with van der Waals surface area (Å²) in [6.45, 7) is 4.45. The number of nitrogens with zero attached hydrogens (tertiary/aromatic N) is 3. The van der Waals surface area contributed by atoms with Crippen molar-refractivity contribution in [1.82, 2.24) is 14.8 Å². The van der Waals surface area contributed by atoms with E-state index in [1.807, 2.05) is 5.38 Å². The van der Waals surface area contributed by atoms with Gasteiger partial charge in [-0.3, -0.25) is 9.69 Å². The highest BCUT2D eigenvalue weighted by Gasteiger charge is 2.16. The van der Waals surface area contributed by atoms with Crippen molar-refractivity contribution < 1.29 is 4.79 Å². The maximum atomic E-state index is 11.7. The average molecular weight is 240 g/mol. The molecule has 16 heavy (non-hydrogen) atoms. The topological polar surface area (TPSA) is 48.5 Å². The molecule has 0 unspecified atom stereocenters. The van der Waals surface area contributed by atoms with E-state index in [1.54, 1.807) is 6.20 Å². The van der Waals surface area contributed by atoms with Crippen LogP contribution in [0.2, 0.25) is 0 Å². The maximum absolute atomic E-state index is 11.7. The Balaban J connectivity index is 1.75. The highest BCUT2D eigenvalue weighted by Crippen LogP contribution is 2.10. The average Bonchev–Trinajstić information content (AvgIpc) is 2.74. The van der Waals surface area contributed by atoms with Crippen molar-refractivity contribution in [2.24, 2.45) is 0 Å². The van der Waals surface area contributed by atoms with Gasteiger partial charge in [-0.15, -0.1) is 11.3 Å². The molecule has 1 aliphatic rings. The Morgan fingerprint density at radius 1 is 1.50 bits per heavy atom. The fourth-order valence-corrected chi connectivity index (χ4v) is 2.20. The minimum atomic E-state index is 0.0273. The Kier molecular flexibility index (Phi) is 3.87. The number of carbonyl (C=O) groups excluding carboxylic acids is 1. The molecule has 1 N–H and O–H groups in total. The van der Waals surface area contributed by atoms with Crippen LogP contribution >= 0.6 is 11.3 Å². The summed E-state index contributed by atoms with van der Waals surface area (Å²) in [4.78, 5) is 20.1. The molecule has 0 atom stereocenters. The summed E-state index contributed by atoms with van der Waals surface area (Å²) in [5.74, 6) is 0.0273. The number of likely N-dealkylation sites (N-methyl/N-ethyl adjacent to an activating group) is 1. The summed E-state index contributed by atoms with van der Waals surface area (Å²) < 4.78 is 0. The molecule has 88 valence electrons. The number of carbonyl (C=O) groups is 1. The highest BCUT2D eigenvalue weighted by atomic mass is 32.1. The summed E-state index contributed by atoms with van der Waals surface area (Å²) in [5.41, 5.74) is 0. The lowest BCUT2D eigenvalue weighted by Gasteiger charge is -2.31. The number of hydrogen-bond acceptors (Lipinski definition) is 5. The molecule has 2 heterocycles. The van der Waals surface area contributed by atoms with Gasteiger partial charge in [-0.2, -0.15) is 0 Å². The zero-order chi connectivity index (χ0) is 11.4. The van der Waals surface area contributed by atoms with Crippen molar-refractivity contribution in [1.29, 1.82) is 0 Å². The molecule has 1 amide bonds. The fraction of sp³-hybridized carbons (Fsp3) is 0.600. The Morgan fingerprint density at radius 2 is 2.25 bits per heavy atom. The SMILES string of the molecule is CN1CCN(CC(=O)Nc2nccs2)CC1. The first-order valence-electron chi connectivity index (χ1n) is 5.34. The zero-order valence-corrected chi connectivity index (χ0v) is 10.2. The van der Waals surface area contributed by atoms with E-state index in [0.717, 1.165) is 26.2 Å². The molecular weight excluding hydrogens is 224 g/mol. The van der Waals surface area contributed by atoms with E-state index in [-0.39, 0.29) is 5.91 Å². The number of nitrogens with one attached hydrogen (secondary N) is 1. The lowest BCUT2D eigenvalue weighted by molar-refractivity contribution is -0.117. The second-order valence-corrected chi connectivity index (χ2v) is 4.86. The van der Waals surface area contributed by atoms with Crippen LogP contribution in [0.25, 0.3) is 0 Å². The molecule has 0 aliphatic carbocycles. The molecule has 6 heteroatoms. The van der Waals surface area contributed by atoms with Crippen molar-refractivity contribution in [3.8, 4) is 0 Å². The number of anilines is 1. The first kappa shape index (κ1) is 11.5. The van der Waals surface area contributed by atoms with E-state index in [2.05, 4.69) is 27.1 Å². The van der Waals surface area contributed by atoms with Crippen LogP contribution in [-0.2, 0) is 4.79 Å². The van der Waals surface area contributed by atoms with Crippen LogP contribution in [0.5, 0.6) is 0 Å². The van der Waals surface area contributed by atoms with Crippen LogP contribution in [0.15, 0.2) is 11.6 Å². The predicted molar refractivity (Wildman–Crippen MR) is 64.7 cm³/mol. The van der Waals surface area contributed by atoms with E-state index in [4.69, 9.17) is 0 Å². The van der Waals surface area contributed by atoms with Gasteiger partial charge in [-0.1, -0.05) is 0 Å². The largest absolute Gasteiger partial charge is 0.304 e. The molecular formula is C10H16N4OS. The standard InChI is InChI=1S/C10H16N4OS/c1-13-3-5-14(6-4-13)8-9(15)12-10-11-2-7-16-10/h2,7H,3-6,8H2,1H3,(H,11,12,15). The maximum Gasteiger partial charge on any atom is 0.240 e. The Morgan fingerprint density at radius 3 is 2.88 bits per heavy atom. The van der Waals surface area contributed by atoms with Gasteiger partial charge in [0.2, 0.25) is 5.91 Å². The van der Waals surface area contributed by atoms with Gasteiger partial charge >= 0.3 is 0 Å². The molecule has 5 nitrogen and oxygen atoms in total. The molecule has 0 spiro atoms. The first-order valence-corrected chi connectivity index (χ1v) is 6.22. The summed E-state index contributed by atoms with van der Waals surface area (Å²) in [6, 6.07) is 0. The molecule has 1 saturated heterocycles. The van der Waals surface area contributed by atoms with Gasteiger partial charge < -0.3 is 10.2 Å². The van der Waals surface area contributed by atoms with Gasteiger partial charge in [-0.25, -0.2) is 4.98 Å². The summed E-state index contributed by atoms with van der Waals surface area (Å²) >= 11 is 1.44. The predicted octanol–water partition coefficient (Wildman–Crippen LogP) is 0.329. The van der Waals surface area contributed by atoms with Gasteiger partial charge in [0.25, 0.3) is 0 Å². The molecule has 0 aromatic carbocycles. The number of rotatable bonds is 3. The summed E-state index contributed by atoms with van der Waals surface area (Å²) in [5, 5.41) is 5.33. The highest BCUT2D eigenvalue weighted by molar-refractivity contribution is 7.13. The van der Waals surface area contributed by atoms with Crippen LogP contribution in [-0.4, -0.2) is 60.5 Å². The van der Waals surface area contributed by atoms with Crippen molar-refractivity contribution in [3.05, 3.63) is 11.6 Å². The molecule has 1 aromatic rings. The van der Waals surface area contributed by atoms with Crippen molar-refractivity contribution in [3.63, 3.8) is 0 Å². The minimum Gasteiger partial charge on any atom is -0.304 e. The molecule has 1 aliphatic heterocycles. The molecule has 0 bridgehead atoms. The van der Waals surface area contributed by atoms with E-state index in [0.29, 0.717) is 11.7 Å². The lowest BCUT2D eigenvalue weighted by Crippen LogP contribution is -2.47. The normalized spacial score (nSPS) is 18.6. The summed E-state index contributed by atoms with van der Waals surface area (Å²) in [6.07, 6.45) is 1.69. The number of piperazine rings is 1. The molecule has 2 rings (SSSR count). The summed E-state index contributed by atoms with van der Waals surface area (Å²) in [7, 11) is 2.10. The monoisotopic (exact) mass is 240 g/mol. The number of hydrogen-bond donors (Lipinski definition) is 1. The van der Waals surface area contributed by atoms with Crippen LogP contribution in [0.4, 0.5) is 5.13 Å². The van der Waals surface area contributed by atoms with Crippen LogP contribution in [0, 0.1) is 0 Å². The molecule has 1 aromatic heterocycles. The number of amides is 1. The fourth-order valence-electron chi connectivity index (χ4n) is 1.65. The second kappa shape index (κ2) is 5.38. The van der Waals surface area contributed by atoms with E-state index < -0.39 is 0 Å². The van der Waals surface area contributed by atoms with Gasteiger partial charge in [0, 0.05) is 37.8 Å². The van der Waals surface area contributed by atoms with E-state index in [1.165, 1.54) is 11.3 Å². The lowest BCUT2D eigenvalue weighted by atomic mass is 10.3. The van der Waals surface area contributed by atoms with Crippen LogP contribution < -0.4 is 5.32 Å². The first-order chi connectivity index (χ1) is 7.74. The van der Waals surface area contributed by atoms with Crippen molar-refractivity contribution >= 4 is 22.4 Å². The van der Waals surface area contributed by atoms with Crippen LogP contribution in [0.1, 0.15) is 0 Å². The zero-order valence-electron chi connectivity index (χ0n) is 9.35. The number of aromatic nitrogens is 1. The Hall–Kier alpha value is -0.980. The minimum absolute atomic E-state index is 0.0273. The quantitative estimate of drug-likeness (QED) is 0.827. The van der Waals surface area contributed by atoms with Crippen molar-refractivity contribution in [2.75, 3.05) is 45.1 Å². The van der Waals surface area contributed by atoms with Gasteiger partial charge in [0.1, 0.15) is 0 Å².